The van der Waals surface area contributed by atoms with Crippen LogP contribution in [0.3, 0.4) is 0 Å². The number of amides is 2. The van der Waals surface area contributed by atoms with Crippen LogP contribution in [0.5, 0.6) is 0 Å². The summed E-state index contributed by atoms with van der Waals surface area (Å²) in [4.78, 5) is 29.5. The van der Waals surface area contributed by atoms with Gasteiger partial charge >= 0.3 is 0 Å². The Bertz CT molecular complexity index is 632. The van der Waals surface area contributed by atoms with Crippen molar-refractivity contribution in [2.45, 2.75) is 32.1 Å². The van der Waals surface area contributed by atoms with Gasteiger partial charge in [0, 0.05) is 5.92 Å². The highest BCUT2D eigenvalue weighted by atomic mass is 32.1. The predicted octanol–water partition coefficient (Wildman–Crippen LogP) is 1.88. The van der Waals surface area contributed by atoms with E-state index >= 15 is 0 Å². The average molecular weight is 307 g/mol. The van der Waals surface area contributed by atoms with Gasteiger partial charge in [-0.1, -0.05) is 5.16 Å². The molecular formula is C14H17N3O3S. The number of anilines is 1. The second-order valence-corrected chi connectivity index (χ2v) is 6.34. The summed E-state index contributed by atoms with van der Waals surface area (Å²) in [5.41, 5.74) is 7.66. The SMILES string of the molecule is CO/N=C1\CCCc2c1sc(NC(=O)C1CC1)c2C(N)=O. The molecule has 3 N–H and O–H groups in total. The van der Waals surface area contributed by atoms with E-state index in [1.807, 2.05) is 0 Å². The van der Waals surface area contributed by atoms with E-state index in [9.17, 15) is 9.59 Å². The molecule has 0 atom stereocenters. The second kappa shape index (κ2) is 5.48. The molecule has 0 spiro atoms. The first-order valence-electron chi connectivity index (χ1n) is 6.98. The van der Waals surface area contributed by atoms with Crippen molar-refractivity contribution in [2.24, 2.45) is 16.8 Å². The molecule has 21 heavy (non-hydrogen) atoms. The van der Waals surface area contributed by atoms with Gasteiger partial charge < -0.3 is 15.9 Å². The molecule has 6 nitrogen and oxygen atoms in total. The number of carbonyl (C=O) groups excluding carboxylic acids is 2. The molecule has 112 valence electrons. The molecule has 0 saturated heterocycles. The zero-order valence-electron chi connectivity index (χ0n) is 11.8. The first-order chi connectivity index (χ1) is 10.1. The van der Waals surface area contributed by atoms with E-state index in [1.165, 1.54) is 18.4 Å². The Morgan fingerprint density at radius 2 is 2.14 bits per heavy atom. The monoisotopic (exact) mass is 307 g/mol. The van der Waals surface area contributed by atoms with E-state index in [0.29, 0.717) is 10.6 Å². The molecule has 0 bridgehead atoms. The van der Waals surface area contributed by atoms with Gasteiger partial charge in [0.2, 0.25) is 5.91 Å². The minimum absolute atomic E-state index is 0.0265. The molecule has 0 radical (unpaired) electrons. The van der Waals surface area contributed by atoms with E-state index in [-0.39, 0.29) is 11.8 Å². The molecule has 2 amide bonds. The highest BCUT2D eigenvalue weighted by molar-refractivity contribution is 7.19. The van der Waals surface area contributed by atoms with Gasteiger partial charge in [-0.2, -0.15) is 0 Å². The van der Waals surface area contributed by atoms with Crippen LogP contribution >= 0.6 is 11.3 Å². The Balaban J connectivity index is 2.01. The lowest BCUT2D eigenvalue weighted by atomic mass is 9.94. The van der Waals surface area contributed by atoms with E-state index in [2.05, 4.69) is 10.5 Å². The number of fused-ring (bicyclic) bond motifs is 1. The van der Waals surface area contributed by atoms with Crippen molar-refractivity contribution in [3.63, 3.8) is 0 Å². The Hall–Kier alpha value is -1.89. The number of hydrogen-bond acceptors (Lipinski definition) is 5. The fourth-order valence-corrected chi connectivity index (χ4v) is 3.85. The molecule has 3 rings (SSSR count). The zero-order valence-corrected chi connectivity index (χ0v) is 12.6. The Morgan fingerprint density at radius 3 is 2.76 bits per heavy atom. The summed E-state index contributed by atoms with van der Waals surface area (Å²) in [5.74, 6) is -0.449. The average Bonchev–Trinajstić information content (AvgIpc) is 3.21. The highest BCUT2D eigenvalue weighted by Crippen LogP contribution is 2.39. The second-order valence-electron chi connectivity index (χ2n) is 5.32. The molecule has 0 unspecified atom stereocenters. The van der Waals surface area contributed by atoms with Gasteiger partial charge in [-0.05, 0) is 37.7 Å². The van der Waals surface area contributed by atoms with Gasteiger partial charge in [0.1, 0.15) is 12.1 Å². The summed E-state index contributed by atoms with van der Waals surface area (Å²) in [7, 11) is 1.50. The number of thiophene rings is 1. The molecule has 1 fully saturated rings. The summed E-state index contributed by atoms with van der Waals surface area (Å²) >= 11 is 1.37. The maximum Gasteiger partial charge on any atom is 0.252 e. The minimum Gasteiger partial charge on any atom is -0.399 e. The largest absolute Gasteiger partial charge is 0.399 e. The third-order valence-corrected chi connectivity index (χ3v) is 4.94. The van der Waals surface area contributed by atoms with Gasteiger partial charge in [-0.3, -0.25) is 9.59 Å². The molecule has 0 aromatic carbocycles. The number of nitrogens with one attached hydrogen (secondary N) is 1. The number of nitrogens with zero attached hydrogens (tertiary/aromatic N) is 1. The Kier molecular flexibility index (Phi) is 3.67. The molecule has 2 aliphatic rings. The van der Waals surface area contributed by atoms with Crippen LogP contribution in [0.1, 0.15) is 46.5 Å². The van der Waals surface area contributed by atoms with Crippen LogP contribution in [0.2, 0.25) is 0 Å². The molecule has 1 saturated carbocycles. The maximum absolute atomic E-state index is 12.0. The number of oxime groups is 1. The third kappa shape index (κ3) is 2.65. The van der Waals surface area contributed by atoms with Crippen molar-refractivity contribution in [1.82, 2.24) is 0 Å². The van der Waals surface area contributed by atoms with Crippen LogP contribution in [-0.4, -0.2) is 24.6 Å². The molecule has 2 aliphatic carbocycles. The Labute approximate surface area is 126 Å². The summed E-state index contributed by atoms with van der Waals surface area (Å²) < 4.78 is 0. The molecule has 1 aromatic rings. The van der Waals surface area contributed by atoms with Crippen LogP contribution in [0.15, 0.2) is 5.16 Å². The third-order valence-electron chi connectivity index (χ3n) is 3.74. The van der Waals surface area contributed by atoms with Crippen LogP contribution in [-0.2, 0) is 16.1 Å². The van der Waals surface area contributed by atoms with Crippen molar-refractivity contribution < 1.29 is 14.4 Å². The smallest absolute Gasteiger partial charge is 0.252 e. The van der Waals surface area contributed by atoms with E-state index < -0.39 is 5.91 Å². The van der Waals surface area contributed by atoms with Crippen molar-refractivity contribution in [1.29, 1.82) is 0 Å². The first-order valence-corrected chi connectivity index (χ1v) is 7.80. The molecule has 1 heterocycles. The van der Waals surface area contributed by atoms with Crippen molar-refractivity contribution in [2.75, 3.05) is 12.4 Å². The summed E-state index contributed by atoms with van der Waals surface area (Å²) in [6, 6.07) is 0. The lowest BCUT2D eigenvalue weighted by molar-refractivity contribution is -0.117. The Morgan fingerprint density at radius 1 is 1.38 bits per heavy atom. The summed E-state index contributed by atoms with van der Waals surface area (Å²) in [5, 5.41) is 7.44. The number of hydrogen-bond donors (Lipinski definition) is 2. The van der Waals surface area contributed by atoms with Crippen LogP contribution < -0.4 is 11.1 Å². The quantitative estimate of drug-likeness (QED) is 0.832. The van der Waals surface area contributed by atoms with Gasteiger partial charge in [0.25, 0.3) is 5.91 Å². The van der Waals surface area contributed by atoms with Gasteiger partial charge in [0.05, 0.1) is 16.2 Å². The van der Waals surface area contributed by atoms with E-state index in [1.54, 1.807) is 0 Å². The minimum atomic E-state index is -0.503. The van der Waals surface area contributed by atoms with Crippen LogP contribution in [0.4, 0.5) is 5.00 Å². The van der Waals surface area contributed by atoms with Crippen LogP contribution in [0.25, 0.3) is 0 Å². The molecule has 0 aliphatic heterocycles. The molecular weight excluding hydrogens is 290 g/mol. The standard InChI is InChI=1S/C14H17N3O3S/c1-20-17-9-4-2-3-8-10(12(15)18)14(21-11(8)9)16-13(19)7-5-6-7/h7H,2-6H2,1H3,(H2,15,18)(H,16,19)/b17-9+. The number of rotatable bonds is 4. The fraction of sp³-hybridized carbons (Fsp3) is 0.500. The van der Waals surface area contributed by atoms with Crippen molar-refractivity contribution in [3.8, 4) is 0 Å². The van der Waals surface area contributed by atoms with Crippen LogP contribution in [0, 0.1) is 5.92 Å². The molecule has 7 heteroatoms. The number of carbonyl (C=O) groups is 2. The fourth-order valence-electron chi connectivity index (χ4n) is 2.59. The van der Waals surface area contributed by atoms with Gasteiger partial charge in [-0.25, -0.2) is 0 Å². The van der Waals surface area contributed by atoms with Gasteiger partial charge in [-0.15, -0.1) is 11.3 Å². The lowest BCUT2D eigenvalue weighted by Gasteiger charge is -2.13. The maximum atomic E-state index is 12.0. The summed E-state index contributed by atoms with van der Waals surface area (Å²) in [6.45, 7) is 0. The number of primary amides is 1. The lowest BCUT2D eigenvalue weighted by Crippen LogP contribution is -2.19. The van der Waals surface area contributed by atoms with Crippen molar-refractivity contribution >= 4 is 33.9 Å². The first kappa shape index (κ1) is 14.1. The predicted molar refractivity (Wildman–Crippen MR) is 80.7 cm³/mol. The number of nitrogens with two attached hydrogens (primary N) is 1. The molecule has 1 aromatic heterocycles. The highest BCUT2D eigenvalue weighted by Gasteiger charge is 2.33. The summed E-state index contributed by atoms with van der Waals surface area (Å²) in [6.07, 6.45) is 4.29. The van der Waals surface area contributed by atoms with Crippen molar-refractivity contribution in [3.05, 3.63) is 16.0 Å². The zero-order chi connectivity index (χ0) is 15.0. The van der Waals surface area contributed by atoms with Gasteiger partial charge in [0.15, 0.2) is 0 Å². The van der Waals surface area contributed by atoms with E-state index in [4.69, 9.17) is 10.6 Å². The topological polar surface area (TPSA) is 93.8 Å². The normalized spacial score (nSPS) is 19.2. The van der Waals surface area contributed by atoms with E-state index in [0.717, 1.165) is 48.3 Å².